The quantitative estimate of drug-likeness (QED) is 0.161. The molecule has 20 aliphatic carbocycles. The van der Waals surface area contributed by atoms with Crippen molar-refractivity contribution in [3.8, 4) is 0 Å². The molecule has 140 heavy (non-hydrogen) atoms. The zero-order valence-electron chi connectivity index (χ0n) is 87.7. The highest BCUT2D eigenvalue weighted by Gasteiger charge is 2.74. The van der Waals surface area contributed by atoms with Gasteiger partial charge in [0.15, 0.2) is 0 Å². The third-order valence-electron chi connectivity index (χ3n) is 50.7. The summed E-state index contributed by atoms with van der Waals surface area (Å²) in [6, 6.07) is 0. The predicted octanol–water partition coefficient (Wildman–Crippen LogP) is 21.7. The van der Waals surface area contributed by atoms with Gasteiger partial charge in [-0.25, -0.2) is 0 Å². The summed E-state index contributed by atoms with van der Waals surface area (Å²) in [5.41, 5.74) is -4.86. The van der Waals surface area contributed by atoms with Crippen LogP contribution in [0.2, 0.25) is 0 Å². The highest BCUT2D eigenvalue weighted by molar-refractivity contribution is 5.97. The van der Waals surface area contributed by atoms with E-state index < -0.39 is 27.1 Å². The Morgan fingerprint density at radius 1 is 0.186 bits per heavy atom. The Hall–Kier alpha value is -5.95. The molecule has 0 aromatic heterocycles. The predicted molar refractivity (Wildman–Crippen MR) is 521 cm³/mol. The van der Waals surface area contributed by atoms with Gasteiger partial charge < -0.3 is 23.7 Å². The van der Waals surface area contributed by atoms with Crippen molar-refractivity contribution >= 4 is 87.7 Å². The maximum atomic E-state index is 15.2. The fraction of sp³-hybridized carbons (Fsp3) is 0.875. The summed E-state index contributed by atoms with van der Waals surface area (Å²) in [5.74, 6) is -0.970. The molecular formula is C120H170O20. The van der Waals surface area contributed by atoms with E-state index in [2.05, 4.69) is 104 Å². The first-order valence-corrected chi connectivity index (χ1v) is 57.5. The topological polar surface area (TPSA) is 302 Å². The zero-order chi connectivity index (χ0) is 99.2. The monoisotopic (exact) mass is 1930 g/mol. The van der Waals surface area contributed by atoms with Crippen molar-refractivity contribution in [1.29, 1.82) is 0 Å². The van der Waals surface area contributed by atoms with Crippen molar-refractivity contribution < 1.29 is 95.6 Å². The van der Waals surface area contributed by atoms with Crippen LogP contribution in [-0.4, -0.2) is 118 Å². The summed E-state index contributed by atoms with van der Waals surface area (Å²) in [4.78, 5) is 221. The minimum absolute atomic E-state index is 0.00873. The molecule has 0 radical (unpaired) electrons. The molecule has 0 spiro atoms. The minimum Gasteiger partial charge on any atom is -0.462 e. The number of hydrogen-bond donors (Lipinski definition) is 0. The van der Waals surface area contributed by atoms with Gasteiger partial charge in [0.1, 0.15) is 88.4 Å². The molecule has 0 aromatic carbocycles. The first kappa shape index (κ1) is 100.0. The van der Waals surface area contributed by atoms with Gasteiger partial charge in [-0.1, -0.05) is 104 Å². The number of Topliss-reactive ketones (excluding diaryl/α,β-unsaturated/α-hetero) is 10. The second kappa shape index (κ2) is 35.9. The van der Waals surface area contributed by atoms with E-state index in [0.717, 1.165) is 96.3 Å². The van der Waals surface area contributed by atoms with Gasteiger partial charge in [-0.05, 0) is 368 Å². The van der Waals surface area contributed by atoms with Crippen LogP contribution < -0.4 is 0 Å². The normalized spacial score (nSPS) is 53.4. The third-order valence-corrected chi connectivity index (χ3v) is 50.7. The number of ether oxygens (including phenoxy) is 5. The number of hydrogen-bond acceptors (Lipinski definition) is 20. The molecule has 41 aliphatic rings. The van der Waals surface area contributed by atoms with Crippen molar-refractivity contribution in [1.82, 2.24) is 0 Å². The van der Waals surface area contributed by atoms with Crippen LogP contribution in [0.25, 0.3) is 0 Å². The van der Waals surface area contributed by atoms with Crippen LogP contribution in [0.1, 0.15) is 393 Å². The summed E-state index contributed by atoms with van der Waals surface area (Å²) in [7, 11) is 0. The summed E-state index contributed by atoms with van der Waals surface area (Å²) in [6.45, 7) is 32.9. The molecule has 45 atom stereocenters. The average Bonchev–Trinajstić information content (AvgIpc) is 1.53. The standard InChI is InChI=1S/C120H170O20/c1-61-16-31-101(131)136-71-36-41-112(7)66(46-71)52-92(122)107-82-27-22-77(117(82,12)97(127)57-87(107)112)63(3)18-33-103(133)138-73-38-43-114(9)68(48-73)54-94(124)109-84-29-24-79(119(84,14)99(129)59-89(109)114)65(5)20-35-105(135)140-75-40-45-115(10)70(50-75)55-95(125)110-85-30-25-80(120(85,15)100(130)60-90(110)115)64(4)19-34-104(134)139-74-39-44-113(8)69(49-74)53-93(123)108-83-28-23-78(118(83,13)98(128)58-88(108)113)62(2)17-32-102(132)137-72-37-42-111(6)67(47-72)51-91(121)106-81-26-21-76(61)116(81,11)96(126)56-86(106)111/h61-90,106-110H,16-60H2,1-15H3/t61-,62-,63-,64-,65-,66+,67+,68+,69+,70+,71-,72-,73-,74-,75-,76-,77-,78-,79-,80-,81+,82+,83+,84+,85+,86+,87+,88+,89+,90+,106+,107+,108+,109+,110+,111+,112+,113+,114+,115+,116-,117-,118-,119-,120-/m1/s1. The number of carbonyl (C=O) groups excluding carboxylic acids is 15. The van der Waals surface area contributed by atoms with Gasteiger partial charge in [0.05, 0.1) is 0 Å². The molecule has 41 rings (SSSR count). The number of fused-ring (bicyclic) bond motifs is 1. The molecule has 20 heteroatoms. The van der Waals surface area contributed by atoms with Crippen LogP contribution in [0.4, 0.5) is 0 Å². The van der Waals surface area contributed by atoms with Crippen LogP contribution >= 0.6 is 0 Å². The van der Waals surface area contributed by atoms with E-state index in [1.54, 1.807) is 0 Å². The van der Waals surface area contributed by atoms with E-state index in [0.29, 0.717) is 161 Å². The van der Waals surface area contributed by atoms with Crippen LogP contribution in [0, 0.1) is 232 Å². The van der Waals surface area contributed by atoms with Crippen LogP contribution in [0.3, 0.4) is 0 Å². The molecule has 770 valence electrons. The molecular weight excluding hydrogens is 1760 g/mol. The molecule has 20 saturated carbocycles. The number of carbonyl (C=O) groups is 15. The van der Waals surface area contributed by atoms with Gasteiger partial charge in [0.25, 0.3) is 0 Å². The summed E-state index contributed by atoms with van der Waals surface area (Å²) in [5, 5.41) is 0. The molecule has 0 aromatic rings. The van der Waals surface area contributed by atoms with Gasteiger partial charge in [0.2, 0.25) is 0 Å². The maximum absolute atomic E-state index is 15.2. The molecule has 0 N–H and O–H groups in total. The average molecular weight is 1930 g/mol. The Morgan fingerprint density at radius 3 is 0.493 bits per heavy atom. The highest BCUT2D eigenvalue weighted by atomic mass is 16.6. The van der Waals surface area contributed by atoms with Crippen LogP contribution in [0.5, 0.6) is 0 Å². The Bertz CT molecular complexity index is 4350. The summed E-state index contributed by atoms with van der Waals surface area (Å²) < 4.78 is 32.0. The van der Waals surface area contributed by atoms with E-state index in [9.17, 15) is 47.9 Å². The molecule has 41 fully saturated rings. The van der Waals surface area contributed by atoms with Gasteiger partial charge in [-0.15, -0.1) is 0 Å². The Balaban J connectivity index is 0.467. The van der Waals surface area contributed by atoms with Crippen molar-refractivity contribution in [2.75, 3.05) is 0 Å². The lowest BCUT2D eigenvalue weighted by Crippen LogP contribution is -2.60. The lowest BCUT2D eigenvalue weighted by atomic mass is 9.43. The lowest BCUT2D eigenvalue weighted by molar-refractivity contribution is -0.175. The van der Waals surface area contributed by atoms with Gasteiger partial charge >= 0.3 is 29.8 Å². The van der Waals surface area contributed by atoms with Gasteiger partial charge in [0, 0.05) is 153 Å². The number of esters is 5. The number of ketones is 10. The SMILES string of the molecule is C[C@@H]1CCC(=O)O[C@@H]2CC[C@@]3(C)[C@H](CC(=O)[C@@H]4[C@@H]3CC(=O)[C@]3(C)[C@H](CC[C@@H]43)[C@H](C)CCC(=O)O[C@@H]3CC[C@@]4(C)[C@H](CC(=O)[C@@H]5[C@@H]4CC(=O)[C@]4(C)[C@H](CC[C@@H]54)[C@H](C)CCC(=O)O[C@@H]4CC[C@@]5(C)[C@H](CC(=O)[C@@H]6[C@@H]5CC(=O)[C@]5(C)[C@H](CC[C@@H]65)[C@H](C)CCC(=O)O[C@@H]5CC[C@@]6(C)[C@H](CC(=O)[C@@H]7[C@@H]6CC(=O)[C@]6(C)[C@H](CC[C@@H]76)[C@H](C)CCC(=O)O[C@@H]6CC[C@@]7(C)[C@H](CC(=O)[C@@H]8[C@@H]7CC(=O)[C@]7(C)[C@@H]1CC[C@@H]87)C6)C5)C4)C3)C2. The van der Waals surface area contributed by atoms with E-state index in [1.165, 1.54) is 0 Å². The lowest BCUT2D eigenvalue weighted by Gasteiger charge is -2.59. The Morgan fingerprint density at radius 2 is 0.336 bits per heavy atom. The Kier molecular flexibility index (Phi) is 25.7. The third kappa shape index (κ3) is 15.4. The van der Waals surface area contributed by atoms with Crippen molar-refractivity contribution in [2.45, 2.75) is 423 Å². The van der Waals surface area contributed by atoms with Crippen molar-refractivity contribution in [2.24, 2.45) is 232 Å². The summed E-state index contributed by atoms with van der Waals surface area (Å²) >= 11 is 0. The summed E-state index contributed by atoms with van der Waals surface area (Å²) in [6.07, 6.45) is 23.8. The van der Waals surface area contributed by atoms with Crippen molar-refractivity contribution in [3.05, 3.63) is 0 Å². The second-order valence-corrected chi connectivity index (χ2v) is 55.5. The van der Waals surface area contributed by atoms with Gasteiger partial charge in [-0.2, -0.15) is 0 Å². The largest absolute Gasteiger partial charge is 0.462 e. The minimum atomic E-state index is -0.698. The van der Waals surface area contributed by atoms with E-state index in [1.807, 2.05) is 0 Å². The molecule has 0 amide bonds. The number of rotatable bonds is 0. The highest BCUT2D eigenvalue weighted by Crippen LogP contribution is 2.75. The fourth-order valence-corrected chi connectivity index (χ4v) is 42.3. The van der Waals surface area contributed by atoms with Crippen molar-refractivity contribution in [3.63, 3.8) is 0 Å². The van der Waals surface area contributed by atoms with E-state index in [4.69, 9.17) is 23.7 Å². The molecule has 21 aliphatic heterocycles. The maximum Gasteiger partial charge on any atom is 0.306 e. The van der Waals surface area contributed by atoms with E-state index >= 15 is 24.0 Å². The fourth-order valence-electron chi connectivity index (χ4n) is 42.3. The smallest absolute Gasteiger partial charge is 0.306 e. The first-order chi connectivity index (χ1) is 66.2. The zero-order valence-corrected chi connectivity index (χ0v) is 87.7. The molecule has 0 unspecified atom stereocenters. The Labute approximate surface area is 833 Å². The molecule has 21 heterocycles. The molecule has 40 bridgehead atoms. The van der Waals surface area contributed by atoms with Crippen LogP contribution in [0.15, 0.2) is 0 Å². The van der Waals surface area contributed by atoms with Gasteiger partial charge in [-0.3, -0.25) is 71.9 Å². The first-order valence-electron chi connectivity index (χ1n) is 57.5. The van der Waals surface area contributed by atoms with Crippen LogP contribution in [-0.2, 0) is 95.6 Å². The molecule has 20 nitrogen and oxygen atoms in total. The second-order valence-electron chi connectivity index (χ2n) is 55.5. The van der Waals surface area contributed by atoms with E-state index in [-0.39, 0.29) is 355 Å². The molecule has 21 saturated heterocycles.